The van der Waals surface area contributed by atoms with Gasteiger partial charge in [-0.2, -0.15) is 0 Å². The zero-order chi connectivity index (χ0) is 15.9. The Balaban J connectivity index is 1.59. The summed E-state index contributed by atoms with van der Waals surface area (Å²) >= 11 is 1.76. The number of carbonyl (C=O) groups excluding carboxylic acids is 1. The van der Waals surface area contributed by atoms with Crippen molar-refractivity contribution in [1.29, 1.82) is 0 Å². The van der Waals surface area contributed by atoms with E-state index in [1.165, 1.54) is 23.3 Å². The number of benzene rings is 1. The van der Waals surface area contributed by atoms with Crippen LogP contribution < -0.4 is 5.32 Å². The third-order valence-electron chi connectivity index (χ3n) is 4.42. The molecule has 1 aliphatic heterocycles. The van der Waals surface area contributed by atoms with Crippen molar-refractivity contribution in [1.82, 2.24) is 10.2 Å². The molecule has 0 radical (unpaired) electrons. The lowest BCUT2D eigenvalue weighted by atomic mass is 10.1. The maximum absolute atomic E-state index is 12.7. The van der Waals surface area contributed by atoms with Crippen molar-refractivity contribution in [3.8, 4) is 0 Å². The molecule has 3 nitrogen and oxygen atoms in total. The van der Waals surface area contributed by atoms with E-state index < -0.39 is 0 Å². The smallest absolute Gasteiger partial charge is 0.317 e. The van der Waals surface area contributed by atoms with E-state index in [0.717, 1.165) is 25.8 Å². The SMILES string of the molecule is O=C(NCCc1ccccc1)N1CCCCCC1c1cccs1. The van der Waals surface area contributed by atoms with Gasteiger partial charge in [-0.25, -0.2) is 4.79 Å². The third-order valence-corrected chi connectivity index (χ3v) is 5.39. The maximum atomic E-state index is 12.7. The van der Waals surface area contributed by atoms with Gasteiger partial charge in [0, 0.05) is 18.0 Å². The summed E-state index contributed by atoms with van der Waals surface area (Å²) in [5.41, 5.74) is 1.26. The molecule has 2 heterocycles. The number of nitrogens with one attached hydrogen (secondary N) is 1. The van der Waals surface area contributed by atoms with Gasteiger partial charge in [-0.05, 0) is 36.3 Å². The van der Waals surface area contributed by atoms with Crippen molar-refractivity contribution in [3.63, 3.8) is 0 Å². The second-order valence-corrected chi connectivity index (χ2v) is 7.02. The lowest BCUT2D eigenvalue weighted by Gasteiger charge is -2.29. The van der Waals surface area contributed by atoms with Gasteiger partial charge in [-0.3, -0.25) is 0 Å². The molecule has 1 unspecified atom stereocenters. The van der Waals surface area contributed by atoms with Crippen LogP contribution in [0, 0.1) is 0 Å². The molecule has 1 aliphatic rings. The molecule has 2 aromatic rings. The Hall–Kier alpha value is -1.81. The van der Waals surface area contributed by atoms with E-state index in [2.05, 4.69) is 35.0 Å². The first kappa shape index (κ1) is 16.1. The summed E-state index contributed by atoms with van der Waals surface area (Å²) in [6.07, 6.45) is 5.48. The number of hydrogen-bond donors (Lipinski definition) is 1. The summed E-state index contributed by atoms with van der Waals surface area (Å²) in [5.74, 6) is 0. The fraction of sp³-hybridized carbons (Fsp3) is 0.421. The zero-order valence-corrected chi connectivity index (χ0v) is 14.2. The molecule has 1 saturated heterocycles. The van der Waals surface area contributed by atoms with Crippen molar-refractivity contribution in [2.24, 2.45) is 0 Å². The zero-order valence-electron chi connectivity index (χ0n) is 13.4. The van der Waals surface area contributed by atoms with Gasteiger partial charge in [0.15, 0.2) is 0 Å². The quantitative estimate of drug-likeness (QED) is 0.873. The number of carbonyl (C=O) groups is 1. The molecule has 1 fully saturated rings. The Labute approximate surface area is 142 Å². The average molecular weight is 328 g/mol. The number of urea groups is 1. The minimum atomic E-state index is 0.0845. The molecule has 4 heteroatoms. The van der Waals surface area contributed by atoms with Crippen LogP contribution in [-0.2, 0) is 6.42 Å². The molecule has 0 saturated carbocycles. The van der Waals surface area contributed by atoms with Crippen molar-refractivity contribution in [2.45, 2.75) is 38.1 Å². The number of thiophene rings is 1. The van der Waals surface area contributed by atoms with Crippen LogP contribution in [0.3, 0.4) is 0 Å². The molecule has 1 atom stereocenters. The first-order valence-corrected chi connectivity index (χ1v) is 9.34. The number of hydrogen-bond acceptors (Lipinski definition) is 2. The predicted octanol–water partition coefficient (Wildman–Crippen LogP) is 4.62. The number of likely N-dealkylation sites (tertiary alicyclic amines) is 1. The fourth-order valence-corrected chi connectivity index (χ4v) is 4.06. The van der Waals surface area contributed by atoms with Crippen molar-refractivity contribution in [2.75, 3.05) is 13.1 Å². The van der Waals surface area contributed by atoms with Crippen LogP contribution in [0.15, 0.2) is 47.8 Å². The molecule has 3 rings (SSSR count). The Morgan fingerprint density at radius 2 is 2.00 bits per heavy atom. The van der Waals surface area contributed by atoms with Gasteiger partial charge in [0.2, 0.25) is 0 Å². The second-order valence-electron chi connectivity index (χ2n) is 6.04. The minimum absolute atomic E-state index is 0.0845. The third kappa shape index (κ3) is 4.35. The largest absolute Gasteiger partial charge is 0.338 e. The van der Waals surface area contributed by atoms with E-state index >= 15 is 0 Å². The summed E-state index contributed by atoms with van der Waals surface area (Å²) < 4.78 is 0. The molecule has 1 aromatic carbocycles. The van der Waals surface area contributed by atoms with Crippen LogP contribution in [0.4, 0.5) is 4.79 Å². The molecule has 122 valence electrons. The predicted molar refractivity (Wildman–Crippen MR) is 95.8 cm³/mol. The normalized spacial score (nSPS) is 18.4. The molecule has 0 aliphatic carbocycles. The molecule has 0 spiro atoms. The van der Waals surface area contributed by atoms with Crippen molar-refractivity contribution < 1.29 is 4.79 Å². The molecular weight excluding hydrogens is 304 g/mol. The van der Waals surface area contributed by atoms with E-state index in [9.17, 15) is 4.79 Å². The standard InChI is InChI=1S/C19H24N2OS/c22-19(20-13-12-16-8-3-1-4-9-16)21-14-6-2-5-10-17(21)18-11-7-15-23-18/h1,3-4,7-9,11,15,17H,2,5-6,10,12-14H2,(H,20,22). The lowest BCUT2D eigenvalue weighted by molar-refractivity contribution is 0.177. The minimum Gasteiger partial charge on any atom is -0.338 e. The Morgan fingerprint density at radius 1 is 1.13 bits per heavy atom. The van der Waals surface area contributed by atoms with Crippen LogP contribution in [0.2, 0.25) is 0 Å². The first-order valence-electron chi connectivity index (χ1n) is 8.46. The molecule has 23 heavy (non-hydrogen) atoms. The summed E-state index contributed by atoms with van der Waals surface area (Å²) in [6.45, 7) is 1.55. The van der Waals surface area contributed by atoms with Gasteiger partial charge in [-0.1, -0.05) is 49.2 Å². The van der Waals surface area contributed by atoms with Gasteiger partial charge in [-0.15, -0.1) is 11.3 Å². The summed E-state index contributed by atoms with van der Waals surface area (Å²) in [6, 6.07) is 14.9. The maximum Gasteiger partial charge on any atom is 0.317 e. The Kier molecular flexibility index (Phi) is 5.70. The molecule has 2 amide bonds. The van der Waals surface area contributed by atoms with Crippen LogP contribution >= 0.6 is 11.3 Å². The molecule has 1 aromatic heterocycles. The van der Waals surface area contributed by atoms with Gasteiger partial charge in [0.05, 0.1) is 6.04 Å². The lowest BCUT2D eigenvalue weighted by Crippen LogP contribution is -2.42. The van der Waals surface area contributed by atoms with Gasteiger partial charge < -0.3 is 10.2 Å². The van der Waals surface area contributed by atoms with E-state index in [1.54, 1.807) is 11.3 Å². The second kappa shape index (κ2) is 8.16. The van der Waals surface area contributed by atoms with E-state index in [4.69, 9.17) is 0 Å². The molecule has 0 bridgehead atoms. The number of amides is 2. The first-order chi connectivity index (χ1) is 11.3. The average Bonchev–Trinajstić information content (AvgIpc) is 3.00. The van der Waals surface area contributed by atoms with Gasteiger partial charge in [0.25, 0.3) is 0 Å². The van der Waals surface area contributed by atoms with Crippen LogP contribution in [0.5, 0.6) is 0 Å². The fourth-order valence-electron chi connectivity index (χ4n) is 3.19. The molecule has 1 N–H and O–H groups in total. The summed E-state index contributed by atoms with van der Waals surface area (Å²) in [4.78, 5) is 16.0. The van der Waals surface area contributed by atoms with Gasteiger partial charge >= 0.3 is 6.03 Å². The van der Waals surface area contributed by atoms with E-state index in [0.29, 0.717) is 6.54 Å². The van der Waals surface area contributed by atoms with E-state index in [1.807, 2.05) is 23.1 Å². The topological polar surface area (TPSA) is 32.3 Å². The highest BCUT2D eigenvalue weighted by molar-refractivity contribution is 7.10. The number of rotatable bonds is 4. The molecular formula is C19H24N2OS. The highest BCUT2D eigenvalue weighted by Crippen LogP contribution is 2.32. The highest BCUT2D eigenvalue weighted by Gasteiger charge is 2.27. The monoisotopic (exact) mass is 328 g/mol. The van der Waals surface area contributed by atoms with Gasteiger partial charge in [0.1, 0.15) is 0 Å². The van der Waals surface area contributed by atoms with Crippen molar-refractivity contribution >= 4 is 17.4 Å². The Morgan fingerprint density at radius 3 is 2.78 bits per heavy atom. The highest BCUT2D eigenvalue weighted by atomic mass is 32.1. The van der Waals surface area contributed by atoms with Crippen LogP contribution in [-0.4, -0.2) is 24.0 Å². The van der Waals surface area contributed by atoms with Crippen LogP contribution in [0.1, 0.15) is 42.2 Å². The Bertz CT molecular complexity index is 597. The number of nitrogens with zero attached hydrogens (tertiary/aromatic N) is 1. The summed E-state index contributed by atoms with van der Waals surface area (Å²) in [7, 11) is 0. The summed E-state index contributed by atoms with van der Waals surface area (Å²) in [5, 5.41) is 5.22. The van der Waals surface area contributed by atoms with Crippen molar-refractivity contribution in [3.05, 3.63) is 58.3 Å². The van der Waals surface area contributed by atoms with Crippen LogP contribution in [0.25, 0.3) is 0 Å². The van der Waals surface area contributed by atoms with E-state index in [-0.39, 0.29) is 12.1 Å².